The molecule has 2 bridgehead atoms. The molecule has 0 N–H and O–H groups in total. The lowest BCUT2D eigenvalue weighted by molar-refractivity contribution is 0.0992. The number of rotatable bonds is 1. The van der Waals surface area contributed by atoms with E-state index in [-0.39, 0.29) is 0 Å². The summed E-state index contributed by atoms with van der Waals surface area (Å²) in [7, 11) is 4.57. The van der Waals surface area contributed by atoms with E-state index in [1.807, 2.05) is 0 Å². The molecular formula is C11H22N2. The second-order valence-electron chi connectivity index (χ2n) is 5.26. The van der Waals surface area contributed by atoms with Crippen molar-refractivity contribution < 1.29 is 0 Å². The van der Waals surface area contributed by atoms with Crippen molar-refractivity contribution in [2.45, 2.75) is 32.4 Å². The van der Waals surface area contributed by atoms with E-state index >= 15 is 0 Å². The predicted molar refractivity (Wildman–Crippen MR) is 55.8 cm³/mol. The Morgan fingerprint density at radius 2 is 1.77 bits per heavy atom. The van der Waals surface area contributed by atoms with Crippen LogP contribution < -0.4 is 0 Å². The summed E-state index contributed by atoms with van der Waals surface area (Å²) >= 11 is 0. The third kappa shape index (κ3) is 1.50. The van der Waals surface area contributed by atoms with Crippen molar-refractivity contribution in [3.05, 3.63) is 0 Å². The second kappa shape index (κ2) is 3.25. The van der Waals surface area contributed by atoms with Gasteiger partial charge in [-0.05, 0) is 32.4 Å². The van der Waals surface area contributed by atoms with Gasteiger partial charge in [0.2, 0.25) is 0 Å². The van der Waals surface area contributed by atoms with Crippen LogP contribution in [0.15, 0.2) is 0 Å². The number of fused-ring (bicyclic) bond motifs is 2. The number of hydrogen-bond acceptors (Lipinski definition) is 2. The van der Waals surface area contributed by atoms with Crippen LogP contribution in [0, 0.1) is 11.8 Å². The SMILES string of the molecule is CC(C)C1C2CC(CN1C)N(C)C2. The summed E-state index contributed by atoms with van der Waals surface area (Å²) in [6.45, 7) is 7.31. The maximum absolute atomic E-state index is 2.58. The maximum atomic E-state index is 2.58. The van der Waals surface area contributed by atoms with Crippen molar-refractivity contribution in [2.24, 2.45) is 11.8 Å². The summed E-state index contributed by atoms with van der Waals surface area (Å²) < 4.78 is 0. The van der Waals surface area contributed by atoms with E-state index in [2.05, 4.69) is 37.7 Å². The topological polar surface area (TPSA) is 6.48 Å². The Morgan fingerprint density at radius 1 is 1.08 bits per heavy atom. The largest absolute Gasteiger partial charge is 0.302 e. The smallest absolute Gasteiger partial charge is 0.0223 e. The third-order valence-corrected chi connectivity index (χ3v) is 3.89. The molecule has 2 aliphatic rings. The van der Waals surface area contributed by atoms with Gasteiger partial charge in [-0.15, -0.1) is 0 Å². The van der Waals surface area contributed by atoms with Crippen molar-refractivity contribution in [2.75, 3.05) is 27.2 Å². The van der Waals surface area contributed by atoms with Crippen molar-refractivity contribution >= 4 is 0 Å². The summed E-state index contributed by atoms with van der Waals surface area (Å²) in [5, 5.41) is 0. The van der Waals surface area contributed by atoms with Crippen LogP contribution in [0.25, 0.3) is 0 Å². The summed E-state index contributed by atoms with van der Waals surface area (Å²) in [6, 6.07) is 1.66. The molecule has 0 amide bonds. The molecule has 3 atom stereocenters. The highest BCUT2D eigenvalue weighted by Crippen LogP contribution is 2.35. The molecule has 3 unspecified atom stereocenters. The molecule has 2 saturated heterocycles. The minimum absolute atomic E-state index is 0.808. The fourth-order valence-corrected chi connectivity index (χ4v) is 3.45. The van der Waals surface area contributed by atoms with E-state index < -0.39 is 0 Å². The number of nitrogens with zero attached hydrogens (tertiary/aromatic N) is 2. The van der Waals surface area contributed by atoms with Gasteiger partial charge in [-0.3, -0.25) is 0 Å². The Bertz CT molecular complexity index is 189. The van der Waals surface area contributed by atoms with Gasteiger partial charge in [0.05, 0.1) is 0 Å². The lowest BCUT2D eigenvalue weighted by Crippen LogP contribution is -2.48. The first kappa shape index (κ1) is 9.47. The van der Waals surface area contributed by atoms with E-state index in [1.54, 1.807) is 0 Å². The molecule has 0 spiro atoms. The monoisotopic (exact) mass is 182 g/mol. The molecule has 2 nitrogen and oxygen atoms in total. The lowest BCUT2D eigenvalue weighted by Gasteiger charge is -2.39. The first-order valence-corrected chi connectivity index (χ1v) is 5.50. The van der Waals surface area contributed by atoms with Crippen LogP contribution in [0.2, 0.25) is 0 Å². The fraction of sp³-hybridized carbons (Fsp3) is 1.00. The molecule has 2 fully saturated rings. The van der Waals surface area contributed by atoms with Gasteiger partial charge < -0.3 is 9.80 Å². The molecule has 0 aliphatic carbocycles. The van der Waals surface area contributed by atoms with Gasteiger partial charge in [-0.1, -0.05) is 13.8 Å². The van der Waals surface area contributed by atoms with Crippen LogP contribution >= 0.6 is 0 Å². The van der Waals surface area contributed by atoms with Gasteiger partial charge in [0.25, 0.3) is 0 Å². The van der Waals surface area contributed by atoms with Gasteiger partial charge in [0.15, 0.2) is 0 Å². The standard InChI is InChI=1S/C11H22N2/c1-8(2)11-9-5-10(7-13(11)4)12(3)6-9/h8-11H,5-7H2,1-4H3. The van der Waals surface area contributed by atoms with Gasteiger partial charge in [-0.2, -0.15) is 0 Å². The van der Waals surface area contributed by atoms with E-state index in [4.69, 9.17) is 0 Å². The number of hydrogen-bond donors (Lipinski definition) is 0. The maximum Gasteiger partial charge on any atom is 0.0223 e. The quantitative estimate of drug-likeness (QED) is 0.603. The zero-order chi connectivity index (χ0) is 9.59. The highest BCUT2D eigenvalue weighted by atomic mass is 15.3. The predicted octanol–water partition coefficient (Wildman–Crippen LogP) is 1.28. The van der Waals surface area contributed by atoms with Crippen LogP contribution in [0.5, 0.6) is 0 Å². The normalized spacial score (nSPS) is 41.8. The Labute approximate surface area is 81.9 Å². The Kier molecular flexibility index (Phi) is 2.37. The van der Waals surface area contributed by atoms with Crippen molar-refractivity contribution in [3.8, 4) is 0 Å². The summed E-state index contributed by atoms with van der Waals surface area (Å²) in [5.41, 5.74) is 0. The van der Waals surface area contributed by atoms with E-state index in [0.717, 1.165) is 23.9 Å². The van der Waals surface area contributed by atoms with E-state index in [9.17, 15) is 0 Å². The van der Waals surface area contributed by atoms with Crippen LogP contribution in [0.4, 0.5) is 0 Å². The van der Waals surface area contributed by atoms with Crippen molar-refractivity contribution in [1.29, 1.82) is 0 Å². The molecule has 0 aromatic heterocycles. The van der Waals surface area contributed by atoms with Gasteiger partial charge in [0.1, 0.15) is 0 Å². The Morgan fingerprint density at radius 3 is 2.38 bits per heavy atom. The molecule has 0 aromatic rings. The fourth-order valence-electron chi connectivity index (χ4n) is 3.45. The number of likely N-dealkylation sites (tertiary alicyclic amines) is 2. The average Bonchev–Trinajstić information content (AvgIpc) is 2.27. The molecule has 0 aromatic carbocycles. The summed E-state index contributed by atoms with van der Waals surface area (Å²) in [5.74, 6) is 1.73. The molecule has 13 heavy (non-hydrogen) atoms. The molecule has 76 valence electrons. The first-order valence-electron chi connectivity index (χ1n) is 5.50. The summed E-state index contributed by atoms with van der Waals surface area (Å²) in [6.07, 6.45) is 1.43. The molecule has 2 rings (SSSR count). The van der Waals surface area contributed by atoms with Crippen LogP contribution in [0.1, 0.15) is 20.3 Å². The second-order valence-corrected chi connectivity index (χ2v) is 5.26. The van der Waals surface area contributed by atoms with E-state index in [0.29, 0.717) is 0 Å². The molecule has 2 heteroatoms. The van der Waals surface area contributed by atoms with Crippen LogP contribution in [-0.2, 0) is 0 Å². The van der Waals surface area contributed by atoms with E-state index in [1.165, 1.54) is 19.5 Å². The Balaban J connectivity index is 2.12. The zero-order valence-electron chi connectivity index (χ0n) is 9.33. The minimum Gasteiger partial charge on any atom is -0.302 e. The van der Waals surface area contributed by atoms with Gasteiger partial charge >= 0.3 is 0 Å². The third-order valence-electron chi connectivity index (χ3n) is 3.89. The molecule has 2 heterocycles. The van der Waals surface area contributed by atoms with Gasteiger partial charge in [0, 0.05) is 25.2 Å². The minimum atomic E-state index is 0.808. The van der Waals surface area contributed by atoms with Crippen molar-refractivity contribution in [3.63, 3.8) is 0 Å². The zero-order valence-corrected chi connectivity index (χ0v) is 9.33. The molecule has 2 aliphatic heterocycles. The first-order chi connectivity index (χ1) is 6.09. The molecule has 0 radical (unpaired) electrons. The van der Waals surface area contributed by atoms with Crippen molar-refractivity contribution in [1.82, 2.24) is 9.80 Å². The summed E-state index contributed by atoms with van der Waals surface area (Å²) in [4.78, 5) is 5.12. The highest BCUT2D eigenvalue weighted by Gasteiger charge is 2.42. The molecular weight excluding hydrogens is 160 g/mol. The van der Waals surface area contributed by atoms with Crippen LogP contribution in [-0.4, -0.2) is 49.1 Å². The average molecular weight is 182 g/mol. The van der Waals surface area contributed by atoms with Gasteiger partial charge in [-0.25, -0.2) is 0 Å². The number of likely N-dealkylation sites (N-methyl/N-ethyl adjacent to an activating group) is 2. The Hall–Kier alpha value is -0.0800. The number of piperidine rings is 1. The highest BCUT2D eigenvalue weighted by molar-refractivity contribution is 4.97. The lowest BCUT2D eigenvalue weighted by atomic mass is 9.84. The van der Waals surface area contributed by atoms with Crippen LogP contribution in [0.3, 0.4) is 0 Å². The molecule has 0 saturated carbocycles.